The Balaban J connectivity index is 2.41. The van der Waals surface area contributed by atoms with E-state index in [2.05, 4.69) is 0 Å². The lowest BCUT2D eigenvalue weighted by atomic mass is 10.00. The fourth-order valence-corrected chi connectivity index (χ4v) is 1.72. The zero-order valence-electron chi connectivity index (χ0n) is 9.88. The van der Waals surface area contributed by atoms with Crippen LogP contribution in [0.3, 0.4) is 0 Å². The van der Waals surface area contributed by atoms with Crippen LogP contribution >= 0.6 is 0 Å². The number of phenolic OH excluding ortho intramolecular Hbond substituents is 1. The summed E-state index contributed by atoms with van der Waals surface area (Å²) in [5.74, 6) is -0.00464. The number of benzene rings is 2. The third kappa shape index (κ3) is 2.30. The molecule has 0 saturated heterocycles. The molecule has 2 aromatic rings. The van der Waals surface area contributed by atoms with Gasteiger partial charge < -0.3 is 5.11 Å². The van der Waals surface area contributed by atoms with Crippen molar-refractivity contribution < 1.29 is 14.7 Å². The largest absolute Gasteiger partial charge is 0.508 e. The predicted octanol–water partition coefficient (Wildman–Crippen LogP) is 2.74. The predicted molar refractivity (Wildman–Crippen MR) is 68.1 cm³/mol. The molecule has 0 heterocycles. The average Bonchev–Trinajstić information content (AvgIpc) is 2.41. The molecule has 2 aromatic carbocycles. The van der Waals surface area contributed by atoms with E-state index in [1.807, 2.05) is 0 Å². The standard InChI is InChI=1S/C15H12O3/c1-10-7-13(5-6-14(10)17)15(18)12-4-2-3-11(8-12)9-16/h2-9,17H,1H3. The number of rotatable bonds is 3. The molecular formula is C15H12O3. The lowest BCUT2D eigenvalue weighted by Gasteiger charge is -2.04. The number of carbonyl (C=O) groups is 2. The summed E-state index contributed by atoms with van der Waals surface area (Å²) >= 11 is 0. The van der Waals surface area contributed by atoms with E-state index in [1.165, 1.54) is 6.07 Å². The van der Waals surface area contributed by atoms with E-state index in [0.29, 0.717) is 28.5 Å². The zero-order valence-corrected chi connectivity index (χ0v) is 9.88. The van der Waals surface area contributed by atoms with Crippen molar-refractivity contribution in [2.75, 3.05) is 0 Å². The molecule has 0 aliphatic rings. The number of ketones is 1. The van der Waals surface area contributed by atoms with E-state index in [9.17, 15) is 14.7 Å². The summed E-state index contributed by atoms with van der Waals surface area (Å²) in [6.45, 7) is 1.73. The van der Waals surface area contributed by atoms with Gasteiger partial charge in [-0.05, 0) is 36.8 Å². The second kappa shape index (κ2) is 4.84. The van der Waals surface area contributed by atoms with Crippen molar-refractivity contribution in [3.8, 4) is 5.75 Å². The van der Waals surface area contributed by atoms with Gasteiger partial charge in [0.2, 0.25) is 0 Å². The molecule has 3 heteroatoms. The number of aldehydes is 1. The van der Waals surface area contributed by atoms with Gasteiger partial charge in [0.25, 0.3) is 0 Å². The highest BCUT2D eigenvalue weighted by atomic mass is 16.3. The first-order valence-electron chi connectivity index (χ1n) is 5.51. The van der Waals surface area contributed by atoms with Gasteiger partial charge in [0, 0.05) is 16.7 Å². The molecule has 0 bridgehead atoms. The molecule has 1 N–H and O–H groups in total. The SMILES string of the molecule is Cc1cc(C(=O)c2cccc(C=O)c2)ccc1O. The van der Waals surface area contributed by atoms with Crippen LogP contribution in [0.5, 0.6) is 5.75 Å². The molecule has 2 rings (SSSR count). The number of phenols is 1. The van der Waals surface area contributed by atoms with Gasteiger partial charge in [-0.2, -0.15) is 0 Å². The van der Waals surface area contributed by atoms with Crippen LogP contribution < -0.4 is 0 Å². The van der Waals surface area contributed by atoms with E-state index in [1.54, 1.807) is 43.3 Å². The quantitative estimate of drug-likeness (QED) is 0.663. The summed E-state index contributed by atoms with van der Waals surface area (Å²) in [4.78, 5) is 22.9. The van der Waals surface area contributed by atoms with Gasteiger partial charge in [-0.1, -0.05) is 18.2 Å². The van der Waals surface area contributed by atoms with Crippen molar-refractivity contribution in [1.29, 1.82) is 0 Å². The molecule has 0 aliphatic heterocycles. The minimum atomic E-state index is -0.165. The minimum Gasteiger partial charge on any atom is -0.508 e. The van der Waals surface area contributed by atoms with Gasteiger partial charge in [0.1, 0.15) is 12.0 Å². The third-order valence-corrected chi connectivity index (χ3v) is 2.74. The number of aromatic hydroxyl groups is 1. The van der Waals surface area contributed by atoms with Gasteiger partial charge in [-0.3, -0.25) is 9.59 Å². The van der Waals surface area contributed by atoms with E-state index < -0.39 is 0 Å². The highest BCUT2D eigenvalue weighted by molar-refractivity contribution is 6.09. The van der Waals surface area contributed by atoms with Crippen LogP contribution in [0.15, 0.2) is 42.5 Å². The summed E-state index contributed by atoms with van der Waals surface area (Å²) in [5, 5.41) is 9.42. The summed E-state index contributed by atoms with van der Waals surface area (Å²) in [5.41, 5.74) is 2.07. The van der Waals surface area contributed by atoms with Gasteiger partial charge in [-0.15, -0.1) is 0 Å². The Morgan fingerprint density at radius 2 is 1.83 bits per heavy atom. The molecular weight excluding hydrogens is 228 g/mol. The molecule has 3 nitrogen and oxygen atoms in total. The molecule has 0 fully saturated rings. The maximum atomic E-state index is 12.2. The first kappa shape index (κ1) is 12.0. The third-order valence-electron chi connectivity index (χ3n) is 2.74. The summed E-state index contributed by atoms with van der Waals surface area (Å²) < 4.78 is 0. The van der Waals surface area contributed by atoms with Crippen molar-refractivity contribution in [3.63, 3.8) is 0 Å². The smallest absolute Gasteiger partial charge is 0.193 e. The normalized spacial score (nSPS) is 10.1. The van der Waals surface area contributed by atoms with E-state index in [4.69, 9.17) is 0 Å². The Kier molecular flexibility index (Phi) is 3.24. The molecule has 0 aliphatic carbocycles. The number of hydrogen-bond acceptors (Lipinski definition) is 3. The number of aryl methyl sites for hydroxylation is 1. The van der Waals surface area contributed by atoms with Crippen molar-refractivity contribution in [1.82, 2.24) is 0 Å². The molecule has 0 unspecified atom stereocenters. The molecule has 0 radical (unpaired) electrons. The van der Waals surface area contributed by atoms with Crippen LogP contribution in [0, 0.1) is 6.92 Å². The van der Waals surface area contributed by atoms with Crippen LogP contribution in [0.4, 0.5) is 0 Å². The van der Waals surface area contributed by atoms with Crippen LogP contribution in [-0.4, -0.2) is 17.2 Å². The second-order valence-electron chi connectivity index (χ2n) is 4.07. The molecule has 0 atom stereocenters. The van der Waals surface area contributed by atoms with Crippen LogP contribution in [0.25, 0.3) is 0 Å². The summed E-state index contributed by atoms with van der Waals surface area (Å²) in [6.07, 6.45) is 0.707. The lowest BCUT2D eigenvalue weighted by Crippen LogP contribution is -2.02. The van der Waals surface area contributed by atoms with Gasteiger partial charge in [0.05, 0.1) is 0 Å². The maximum absolute atomic E-state index is 12.2. The van der Waals surface area contributed by atoms with Gasteiger partial charge >= 0.3 is 0 Å². The Morgan fingerprint density at radius 3 is 2.50 bits per heavy atom. The fourth-order valence-electron chi connectivity index (χ4n) is 1.72. The van der Waals surface area contributed by atoms with E-state index >= 15 is 0 Å². The molecule has 0 saturated carbocycles. The van der Waals surface area contributed by atoms with E-state index in [0.717, 1.165) is 0 Å². The molecule has 0 aromatic heterocycles. The highest BCUT2D eigenvalue weighted by Crippen LogP contribution is 2.19. The average molecular weight is 240 g/mol. The minimum absolute atomic E-state index is 0.160. The van der Waals surface area contributed by atoms with Gasteiger partial charge in [-0.25, -0.2) is 0 Å². The number of hydrogen-bond donors (Lipinski definition) is 1. The Hall–Kier alpha value is -2.42. The monoisotopic (exact) mass is 240 g/mol. The molecule has 18 heavy (non-hydrogen) atoms. The molecule has 90 valence electrons. The van der Waals surface area contributed by atoms with Crippen LogP contribution in [0.2, 0.25) is 0 Å². The first-order valence-corrected chi connectivity index (χ1v) is 5.51. The summed E-state index contributed by atoms with van der Waals surface area (Å²) in [6, 6.07) is 11.2. The van der Waals surface area contributed by atoms with Crippen molar-refractivity contribution in [2.45, 2.75) is 6.92 Å². The van der Waals surface area contributed by atoms with Gasteiger partial charge in [0.15, 0.2) is 5.78 Å². The van der Waals surface area contributed by atoms with Crippen LogP contribution in [0.1, 0.15) is 31.8 Å². The lowest BCUT2D eigenvalue weighted by molar-refractivity contribution is 0.103. The second-order valence-corrected chi connectivity index (χ2v) is 4.07. The van der Waals surface area contributed by atoms with E-state index in [-0.39, 0.29) is 11.5 Å². The topological polar surface area (TPSA) is 54.4 Å². The molecule has 0 amide bonds. The van der Waals surface area contributed by atoms with Crippen molar-refractivity contribution in [3.05, 3.63) is 64.7 Å². The van der Waals surface area contributed by atoms with Crippen molar-refractivity contribution >= 4 is 12.1 Å². The Bertz CT molecular complexity index is 615. The van der Waals surface area contributed by atoms with Crippen molar-refractivity contribution in [2.24, 2.45) is 0 Å². The number of carbonyl (C=O) groups excluding carboxylic acids is 2. The molecule has 0 spiro atoms. The fraction of sp³-hybridized carbons (Fsp3) is 0.0667. The van der Waals surface area contributed by atoms with Crippen LogP contribution in [-0.2, 0) is 0 Å². The first-order chi connectivity index (χ1) is 8.61. The highest BCUT2D eigenvalue weighted by Gasteiger charge is 2.10. The summed E-state index contributed by atoms with van der Waals surface area (Å²) in [7, 11) is 0. The Morgan fingerprint density at radius 1 is 1.11 bits per heavy atom. The Labute approximate surface area is 105 Å². The zero-order chi connectivity index (χ0) is 13.1. The maximum Gasteiger partial charge on any atom is 0.193 e.